The van der Waals surface area contributed by atoms with Gasteiger partial charge in [0.25, 0.3) is 5.91 Å². The number of benzene rings is 3. The Bertz CT molecular complexity index is 1270. The van der Waals surface area contributed by atoms with E-state index in [9.17, 15) is 14.9 Å². The predicted molar refractivity (Wildman–Crippen MR) is 137 cm³/mol. The fraction of sp³-hybridized carbons (Fsp3) is 0.0417. The average molecular weight is 609 g/mol. The summed E-state index contributed by atoms with van der Waals surface area (Å²) in [6.07, 6.45) is 1.34. The number of carbonyl (C=O) groups is 2. The van der Waals surface area contributed by atoms with E-state index in [2.05, 4.69) is 37.2 Å². The number of ether oxygens (including phenoxy) is 1. The summed E-state index contributed by atoms with van der Waals surface area (Å²) in [6.45, 7) is 1.91. The van der Waals surface area contributed by atoms with Crippen molar-refractivity contribution in [1.82, 2.24) is 0 Å². The van der Waals surface area contributed by atoms with Crippen LogP contribution in [0.5, 0.6) is 5.75 Å². The van der Waals surface area contributed by atoms with Gasteiger partial charge < -0.3 is 10.1 Å². The van der Waals surface area contributed by atoms with E-state index in [-0.39, 0.29) is 21.4 Å². The number of esters is 1. The number of carbonyl (C=O) groups excluding carboxylic acids is 2. The van der Waals surface area contributed by atoms with Crippen molar-refractivity contribution in [3.63, 3.8) is 0 Å². The number of nitrogens with zero attached hydrogens (tertiary/aromatic N) is 1. The molecule has 5 nitrogen and oxygen atoms in total. The highest BCUT2D eigenvalue weighted by molar-refractivity contribution is 9.11. The summed E-state index contributed by atoms with van der Waals surface area (Å²) in [5.74, 6) is -1.25. The molecule has 9 heteroatoms. The highest BCUT2D eigenvalue weighted by atomic mass is 79.9. The second-order valence-electron chi connectivity index (χ2n) is 6.80. The highest BCUT2D eigenvalue weighted by Gasteiger charge is 2.17. The number of nitriles is 1. The first kappa shape index (κ1) is 25.0. The first-order valence-electron chi connectivity index (χ1n) is 9.34. The van der Waals surface area contributed by atoms with Crippen LogP contribution in [-0.2, 0) is 4.79 Å². The maximum atomic E-state index is 12.7. The molecule has 0 saturated heterocycles. The average Bonchev–Trinajstić information content (AvgIpc) is 2.77. The van der Waals surface area contributed by atoms with Crippen molar-refractivity contribution in [3.05, 3.63) is 95.9 Å². The van der Waals surface area contributed by atoms with Crippen molar-refractivity contribution in [2.24, 2.45) is 0 Å². The molecule has 3 aromatic rings. The molecule has 1 N–H and O–H groups in total. The zero-order valence-corrected chi connectivity index (χ0v) is 21.6. The van der Waals surface area contributed by atoms with Crippen LogP contribution in [-0.4, -0.2) is 11.9 Å². The second kappa shape index (κ2) is 11.0. The van der Waals surface area contributed by atoms with Crippen molar-refractivity contribution >= 4 is 78.7 Å². The van der Waals surface area contributed by atoms with E-state index in [4.69, 9.17) is 27.9 Å². The van der Waals surface area contributed by atoms with Crippen LogP contribution in [0.3, 0.4) is 0 Å². The molecule has 0 radical (unpaired) electrons. The zero-order chi connectivity index (χ0) is 24.1. The molecular formula is C24H14Br2Cl2N2O3. The van der Waals surface area contributed by atoms with Crippen LogP contribution in [0.4, 0.5) is 5.69 Å². The number of halogens is 4. The molecule has 0 fully saturated rings. The van der Waals surface area contributed by atoms with Crippen LogP contribution < -0.4 is 10.1 Å². The van der Waals surface area contributed by atoms with E-state index in [1.807, 2.05) is 25.1 Å². The molecule has 0 spiro atoms. The summed E-state index contributed by atoms with van der Waals surface area (Å²) in [6, 6.07) is 16.8. The van der Waals surface area contributed by atoms with E-state index in [0.29, 0.717) is 25.8 Å². The minimum absolute atomic E-state index is 0.0141. The van der Waals surface area contributed by atoms with Crippen molar-refractivity contribution < 1.29 is 14.3 Å². The van der Waals surface area contributed by atoms with Crippen LogP contribution in [0.1, 0.15) is 21.5 Å². The lowest BCUT2D eigenvalue weighted by Crippen LogP contribution is -2.14. The van der Waals surface area contributed by atoms with Crippen molar-refractivity contribution in [2.75, 3.05) is 5.32 Å². The maximum Gasteiger partial charge on any atom is 0.343 e. The van der Waals surface area contributed by atoms with Gasteiger partial charge in [0.15, 0.2) is 5.75 Å². The van der Waals surface area contributed by atoms with Crippen molar-refractivity contribution in [1.29, 1.82) is 5.26 Å². The number of anilines is 1. The third kappa shape index (κ3) is 6.24. The van der Waals surface area contributed by atoms with Crippen molar-refractivity contribution in [3.8, 4) is 11.8 Å². The summed E-state index contributed by atoms with van der Waals surface area (Å²) >= 11 is 19.4. The Labute approximate surface area is 217 Å². The first-order valence-corrected chi connectivity index (χ1v) is 11.7. The third-order valence-corrected chi connectivity index (χ3v) is 6.14. The van der Waals surface area contributed by atoms with Crippen LogP contribution >= 0.6 is 55.1 Å². The summed E-state index contributed by atoms with van der Waals surface area (Å²) in [5, 5.41) is 12.3. The molecule has 0 atom stereocenters. The molecule has 1 amide bonds. The van der Waals surface area contributed by atoms with Gasteiger partial charge in [0, 0.05) is 8.95 Å². The molecule has 3 rings (SSSR count). The largest absolute Gasteiger partial charge is 0.420 e. The number of hydrogen-bond donors (Lipinski definition) is 1. The van der Waals surface area contributed by atoms with E-state index in [1.54, 1.807) is 30.3 Å². The molecule has 0 unspecified atom stereocenters. The normalized spacial score (nSPS) is 11.0. The van der Waals surface area contributed by atoms with E-state index in [0.717, 1.165) is 5.56 Å². The van der Waals surface area contributed by atoms with Crippen molar-refractivity contribution in [2.45, 2.75) is 6.92 Å². The lowest BCUT2D eigenvalue weighted by molar-refractivity contribution is -0.112. The van der Waals surface area contributed by atoms with Gasteiger partial charge in [0.05, 0.1) is 21.3 Å². The van der Waals surface area contributed by atoms with Gasteiger partial charge in [-0.05, 0) is 92.4 Å². The zero-order valence-electron chi connectivity index (χ0n) is 17.0. The third-order valence-electron chi connectivity index (χ3n) is 4.33. The first-order chi connectivity index (χ1) is 15.7. The molecule has 166 valence electrons. The molecule has 33 heavy (non-hydrogen) atoms. The standard InChI is InChI=1S/C24H14Br2Cl2N2O3/c1-13-7-17(25)21(18(26)8-13)30-23(31)16(12-29)9-14-10-19(27)22(20(28)11-14)33-24(32)15-5-3-2-4-6-15/h2-11H,1H3,(H,30,31)/b16-9+. The number of aryl methyl sites for hydroxylation is 1. The van der Waals surface area contributed by atoms with Crippen LogP contribution in [0.2, 0.25) is 10.0 Å². The van der Waals surface area contributed by atoms with Gasteiger partial charge in [-0.2, -0.15) is 5.26 Å². The maximum absolute atomic E-state index is 12.7. The van der Waals surface area contributed by atoms with Gasteiger partial charge in [0.2, 0.25) is 0 Å². The molecule has 0 heterocycles. The summed E-state index contributed by atoms with van der Waals surface area (Å²) in [5.41, 5.74) is 2.03. The van der Waals surface area contributed by atoms with Gasteiger partial charge >= 0.3 is 5.97 Å². The van der Waals surface area contributed by atoms with E-state index in [1.165, 1.54) is 18.2 Å². The number of rotatable bonds is 5. The van der Waals surface area contributed by atoms with E-state index >= 15 is 0 Å². The van der Waals surface area contributed by atoms with Crippen LogP contribution in [0.15, 0.2) is 69.1 Å². The minimum atomic E-state index is -0.617. The van der Waals surface area contributed by atoms with Crippen LogP contribution in [0.25, 0.3) is 6.08 Å². The summed E-state index contributed by atoms with van der Waals surface area (Å²) in [7, 11) is 0. The molecule has 0 aliphatic rings. The van der Waals surface area contributed by atoms with E-state index < -0.39 is 11.9 Å². The molecule has 0 aliphatic heterocycles. The number of nitrogens with one attached hydrogen (secondary N) is 1. The molecule has 0 aromatic heterocycles. The predicted octanol–water partition coefficient (Wildman–Crippen LogP) is 7.59. The Morgan fingerprint density at radius 1 is 1.03 bits per heavy atom. The molecule has 0 saturated carbocycles. The second-order valence-corrected chi connectivity index (χ2v) is 9.32. The lowest BCUT2D eigenvalue weighted by atomic mass is 10.1. The van der Waals surface area contributed by atoms with Gasteiger partial charge in [-0.25, -0.2) is 4.79 Å². The van der Waals surface area contributed by atoms with Gasteiger partial charge in [-0.15, -0.1) is 0 Å². The molecule has 3 aromatic carbocycles. The fourth-order valence-electron chi connectivity index (χ4n) is 2.80. The van der Waals surface area contributed by atoms with Crippen LogP contribution in [0, 0.1) is 18.3 Å². The monoisotopic (exact) mass is 606 g/mol. The fourth-order valence-corrected chi connectivity index (χ4v) is 5.00. The Balaban J connectivity index is 1.85. The lowest BCUT2D eigenvalue weighted by Gasteiger charge is -2.11. The Kier molecular flexibility index (Phi) is 8.33. The minimum Gasteiger partial charge on any atom is -0.420 e. The number of hydrogen-bond acceptors (Lipinski definition) is 4. The Hall–Kier alpha value is -2.63. The molecule has 0 aliphatic carbocycles. The van der Waals surface area contributed by atoms with Gasteiger partial charge in [0.1, 0.15) is 11.6 Å². The molecule has 0 bridgehead atoms. The van der Waals surface area contributed by atoms with Gasteiger partial charge in [-0.3, -0.25) is 4.79 Å². The topological polar surface area (TPSA) is 79.2 Å². The van der Waals surface area contributed by atoms with Gasteiger partial charge in [-0.1, -0.05) is 41.4 Å². The Morgan fingerprint density at radius 3 is 2.15 bits per heavy atom. The summed E-state index contributed by atoms with van der Waals surface area (Å²) < 4.78 is 6.66. The molecular weight excluding hydrogens is 595 g/mol. The summed E-state index contributed by atoms with van der Waals surface area (Å²) in [4.78, 5) is 25.0. The number of amides is 1. The SMILES string of the molecule is Cc1cc(Br)c(NC(=O)/C(C#N)=C/c2cc(Cl)c(OC(=O)c3ccccc3)c(Cl)c2)c(Br)c1. The quantitative estimate of drug-likeness (QED) is 0.140. The Morgan fingerprint density at radius 2 is 1.61 bits per heavy atom. The smallest absolute Gasteiger partial charge is 0.343 e. The highest BCUT2D eigenvalue weighted by Crippen LogP contribution is 2.36.